The van der Waals surface area contributed by atoms with Gasteiger partial charge in [0.05, 0.1) is 24.1 Å². The average Bonchev–Trinajstić information content (AvgIpc) is 3.11. The number of carbonyl (C=O) groups is 2. The fraction of sp³-hybridized carbons (Fsp3) is 0.333. The van der Waals surface area contributed by atoms with Crippen molar-refractivity contribution in [3.05, 3.63) is 60.3 Å². The minimum absolute atomic E-state index is 0.218. The second kappa shape index (κ2) is 7.20. The molecule has 1 aromatic carbocycles. The highest BCUT2D eigenvalue weighted by Crippen LogP contribution is 2.34. The van der Waals surface area contributed by atoms with Gasteiger partial charge in [-0.05, 0) is 38.8 Å². The van der Waals surface area contributed by atoms with E-state index in [-0.39, 0.29) is 18.0 Å². The van der Waals surface area contributed by atoms with Crippen molar-refractivity contribution >= 4 is 23.3 Å². The Morgan fingerprint density at radius 2 is 2.00 bits per heavy atom. The maximum atomic E-state index is 12.9. The minimum Gasteiger partial charge on any atom is -0.443 e. The number of imidazole rings is 1. The van der Waals surface area contributed by atoms with Crippen molar-refractivity contribution in [3.8, 4) is 0 Å². The number of amides is 2. The van der Waals surface area contributed by atoms with Gasteiger partial charge in [-0.25, -0.2) is 9.78 Å². The molecule has 1 atom stereocenters. The summed E-state index contributed by atoms with van der Waals surface area (Å²) in [5.41, 5.74) is 2.11. The van der Waals surface area contributed by atoms with E-state index in [9.17, 15) is 9.59 Å². The monoisotopic (exact) mass is 393 g/mol. The molecule has 0 radical (unpaired) electrons. The molecule has 1 aliphatic heterocycles. The van der Waals surface area contributed by atoms with Crippen molar-refractivity contribution in [2.24, 2.45) is 0 Å². The number of hydrogen-bond donors (Lipinski definition) is 1. The second-order valence-electron chi connectivity index (χ2n) is 7.95. The van der Waals surface area contributed by atoms with Gasteiger partial charge in [-0.3, -0.25) is 19.1 Å². The first-order valence-electron chi connectivity index (χ1n) is 9.51. The molecule has 0 aliphatic carbocycles. The van der Waals surface area contributed by atoms with E-state index in [0.717, 1.165) is 11.3 Å². The molecular weight excluding hydrogens is 370 g/mol. The lowest BCUT2D eigenvalue weighted by atomic mass is 9.96. The Kier molecular flexibility index (Phi) is 4.70. The number of ether oxygens (including phenoxy) is 1. The number of carbonyl (C=O) groups excluding carboxylic acids is 2. The Balaban J connectivity index is 1.58. The van der Waals surface area contributed by atoms with Gasteiger partial charge in [0.15, 0.2) is 5.65 Å². The van der Waals surface area contributed by atoms with Crippen LogP contribution in [0.25, 0.3) is 5.65 Å². The number of benzene rings is 1. The number of rotatable bonds is 2. The summed E-state index contributed by atoms with van der Waals surface area (Å²) in [5, 5.41) is 3.08. The second-order valence-corrected chi connectivity index (χ2v) is 7.95. The van der Waals surface area contributed by atoms with Crippen molar-refractivity contribution in [1.82, 2.24) is 19.7 Å². The van der Waals surface area contributed by atoms with E-state index in [1.54, 1.807) is 27.9 Å². The number of nitrogens with one attached hydrogen (secondary N) is 1. The summed E-state index contributed by atoms with van der Waals surface area (Å²) < 4.78 is 7.24. The molecule has 1 N–H and O–H groups in total. The van der Waals surface area contributed by atoms with Crippen LogP contribution in [-0.4, -0.2) is 38.5 Å². The molecule has 1 unspecified atom stereocenters. The first-order valence-corrected chi connectivity index (χ1v) is 9.51. The third-order valence-electron chi connectivity index (χ3n) is 4.71. The maximum Gasteiger partial charge on any atom is 0.414 e. The molecule has 150 valence electrons. The van der Waals surface area contributed by atoms with Crippen molar-refractivity contribution < 1.29 is 14.3 Å². The molecule has 1 aliphatic rings. The lowest BCUT2D eigenvalue weighted by molar-refractivity contribution is 0.0576. The molecule has 2 amide bonds. The largest absolute Gasteiger partial charge is 0.443 e. The van der Waals surface area contributed by atoms with E-state index in [4.69, 9.17) is 4.74 Å². The van der Waals surface area contributed by atoms with Gasteiger partial charge in [-0.2, -0.15) is 0 Å². The molecule has 8 nitrogen and oxygen atoms in total. The standard InChI is InChI=1S/C21H23N5O3/c1-21(2,3)29-20(28)26-10-8-15(14-6-4-5-7-16(14)26)24-19(27)17-12-23-18-13-22-9-11-25(17)18/h4-7,9,11-13,15H,8,10H2,1-3H3,(H,24,27). The van der Waals surface area contributed by atoms with Crippen LogP contribution < -0.4 is 10.2 Å². The fourth-order valence-electron chi connectivity index (χ4n) is 3.46. The number of para-hydroxylation sites is 1. The molecule has 0 bridgehead atoms. The van der Waals surface area contributed by atoms with Gasteiger partial charge in [0.25, 0.3) is 5.91 Å². The third-order valence-corrected chi connectivity index (χ3v) is 4.71. The summed E-state index contributed by atoms with van der Waals surface area (Å²) in [6.45, 7) is 5.98. The molecule has 3 aromatic rings. The van der Waals surface area contributed by atoms with Crippen LogP contribution in [0.3, 0.4) is 0 Å². The van der Waals surface area contributed by atoms with Crippen LogP contribution in [0.1, 0.15) is 49.3 Å². The molecule has 0 saturated carbocycles. The van der Waals surface area contributed by atoms with Crippen LogP contribution in [-0.2, 0) is 4.74 Å². The summed E-state index contributed by atoms with van der Waals surface area (Å²) in [4.78, 5) is 35.4. The maximum absolute atomic E-state index is 12.9. The van der Waals surface area contributed by atoms with E-state index >= 15 is 0 Å². The van der Waals surface area contributed by atoms with Crippen LogP contribution >= 0.6 is 0 Å². The first-order chi connectivity index (χ1) is 13.8. The van der Waals surface area contributed by atoms with E-state index in [2.05, 4.69) is 15.3 Å². The van der Waals surface area contributed by atoms with Crippen LogP contribution in [0.2, 0.25) is 0 Å². The molecule has 3 heterocycles. The van der Waals surface area contributed by atoms with Gasteiger partial charge in [0.2, 0.25) is 0 Å². The van der Waals surface area contributed by atoms with Gasteiger partial charge < -0.3 is 10.1 Å². The van der Waals surface area contributed by atoms with Gasteiger partial charge in [0.1, 0.15) is 11.3 Å². The Bertz CT molecular complexity index is 1070. The zero-order valence-electron chi connectivity index (χ0n) is 16.6. The quantitative estimate of drug-likeness (QED) is 0.721. The topological polar surface area (TPSA) is 88.8 Å². The highest BCUT2D eigenvalue weighted by molar-refractivity contribution is 5.94. The van der Waals surface area contributed by atoms with Crippen molar-refractivity contribution in [1.29, 1.82) is 0 Å². The van der Waals surface area contributed by atoms with Crippen molar-refractivity contribution in [3.63, 3.8) is 0 Å². The Morgan fingerprint density at radius 3 is 2.79 bits per heavy atom. The predicted molar refractivity (Wildman–Crippen MR) is 108 cm³/mol. The lowest BCUT2D eigenvalue weighted by Crippen LogP contribution is -2.43. The van der Waals surface area contributed by atoms with Gasteiger partial charge in [-0.1, -0.05) is 18.2 Å². The van der Waals surface area contributed by atoms with Gasteiger partial charge in [0, 0.05) is 18.9 Å². The third kappa shape index (κ3) is 3.78. The number of fused-ring (bicyclic) bond motifs is 2. The predicted octanol–water partition coefficient (Wildman–Crippen LogP) is 3.35. The molecule has 0 spiro atoms. The summed E-state index contributed by atoms with van der Waals surface area (Å²) in [7, 11) is 0. The normalized spacial score (nSPS) is 16.4. The number of nitrogens with zero attached hydrogens (tertiary/aromatic N) is 4. The Labute approximate surface area is 168 Å². The number of anilines is 1. The average molecular weight is 393 g/mol. The summed E-state index contributed by atoms with van der Waals surface area (Å²) in [6.07, 6.45) is 6.65. The van der Waals surface area contributed by atoms with E-state index in [0.29, 0.717) is 24.3 Å². The Hall–Kier alpha value is -3.42. The van der Waals surface area contributed by atoms with Crippen LogP contribution in [0.15, 0.2) is 49.1 Å². The minimum atomic E-state index is -0.574. The summed E-state index contributed by atoms with van der Waals surface area (Å²) >= 11 is 0. The van der Waals surface area contributed by atoms with Gasteiger partial charge >= 0.3 is 6.09 Å². The molecule has 29 heavy (non-hydrogen) atoms. The smallest absolute Gasteiger partial charge is 0.414 e. The van der Waals surface area contributed by atoms with Crippen LogP contribution in [0.5, 0.6) is 0 Å². The highest BCUT2D eigenvalue weighted by atomic mass is 16.6. The lowest BCUT2D eigenvalue weighted by Gasteiger charge is -2.35. The SMILES string of the molecule is CC(C)(C)OC(=O)N1CCC(NC(=O)c2cnc3cnccn23)c2ccccc21. The van der Waals surface area contributed by atoms with Crippen molar-refractivity contribution in [2.75, 3.05) is 11.4 Å². The molecular formula is C21H23N5O3. The van der Waals surface area contributed by atoms with E-state index in [1.807, 2.05) is 45.0 Å². The first kappa shape index (κ1) is 18.9. The van der Waals surface area contributed by atoms with Crippen LogP contribution in [0.4, 0.5) is 10.5 Å². The zero-order chi connectivity index (χ0) is 20.6. The van der Waals surface area contributed by atoms with Crippen molar-refractivity contribution in [2.45, 2.75) is 38.8 Å². The molecule has 0 saturated heterocycles. The number of hydrogen-bond acceptors (Lipinski definition) is 5. The van der Waals surface area contributed by atoms with Gasteiger partial charge in [-0.15, -0.1) is 0 Å². The molecule has 2 aromatic heterocycles. The Morgan fingerprint density at radius 1 is 1.21 bits per heavy atom. The zero-order valence-corrected chi connectivity index (χ0v) is 16.6. The molecule has 0 fully saturated rings. The summed E-state index contributed by atoms with van der Waals surface area (Å²) in [5.74, 6) is -0.228. The fourth-order valence-corrected chi connectivity index (χ4v) is 3.46. The van der Waals surface area contributed by atoms with E-state index in [1.165, 1.54) is 6.20 Å². The highest BCUT2D eigenvalue weighted by Gasteiger charge is 2.32. The van der Waals surface area contributed by atoms with E-state index < -0.39 is 5.60 Å². The van der Waals surface area contributed by atoms with Crippen LogP contribution in [0, 0.1) is 0 Å². The number of aromatic nitrogens is 3. The molecule has 8 heteroatoms. The summed E-state index contributed by atoms with van der Waals surface area (Å²) in [6, 6.07) is 7.35. The molecule has 4 rings (SSSR count).